The van der Waals surface area contributed by atoms with Crippen molar-refractivity contribution >= 4 is 27.6 Å². The predicted octanol–water partition coefficient (Wildman–Crippen LogP) is -0.844. The summed E-state index contributed by atoms with van der Waals surface area (Å²) in [6.45, 7) is 0.517. The number of aliphatic imine (C=N–C) groups is 1. The lowest BCUT2D eigenvalue weighted by Crippen LogP contribution is -2.52. The van der Waals surface area contributed by atoms with Crippen molar-refractivity contribution in [2.24, 2.45) is 10.1 Å². The van der Waals surface area contributed by atoms with Gasteiger partial charge in [-0.25, -0.2) is 19.2 Å². The number of carbonyl (C=O) groups is 1. The molecular weight excluding hydrogens is 409 g/mol. The van der Waals surface area contributed by atoms with Gasteiger partial charge in [-0.2, -0.15) is 12.7 Å². The van der Waals surface area contributed by atoms with Crippen molar-refractivity contribution in [2.45, 2.75) is 6.42 Å². The first-order valence-corrected chi connectivity index (χ1v) is 9.90. The second-order valence-corrected chi connectivity index (χ2v) is 7.66. The molecule has 2 aromatic rings. The third-order valence-corrected chi connectivity index (χ3v) is 5.31. The number of nitrogens with two attached hydrogens (primary N) is 1. The lowest BCUT2D eigenvalue weighted by molar-refractivity contribution is -0.131. The highest BCUT2D eigenvalue weighted by molar-refractivity contribution is 7.86. The molecule has 3 rings (SSSR count). The number of hydrogen-bond acceptors (Lipinski definition) is 8. The van der Waals surface area contributed by atoms with Crippen molar-refractivity contribution in [1.29, 1.82) is 0 Å². The lowest BCUT2D eigenvalue weighted by atomic mass is 10.2. The molecule has 0 aliphatic carbocycles. The Morgan fingerprint density at radius 2 is 1.90 bits per heavy atom. The van der Waals surface area contributed by atoms with Crippen LogP contribution in [0.4, 0.5) is 10.1 Å². The molecule has 0 atom stereocenters. The first kappa shape index (κ1) is 20.8. The Labute approximate surface area is 164 Å². The van der Waals surface area contributed by atoms with Gasteiger partial charge >= 0.3 is 0 Å². The van der Waals surface area contributed by atoms with Crippen LogP contribution in [0.5, 0.6) is 0 Å². The third-order valence-electron chi connectivity index (χ3n) is 4.22. The van der Waals surface area contributed by atoms with Crippen LogP contribution in [0.1, 0.15) is 11.4 Å². The van der Waals surface area contributed by atoms with Crippen molar-refractivity contribution in [1.82, 2.24) is 25.0 Å². The monoisotopic (exact) mass is 427 g/mol. The first-order valence-electron chi connectivity index (χ1n) is 8.39. The molecule has 0 bridgehead atoms. The highest BCUT2D eigenvalue weighted by Gasteiger charge is 2.28. The third kappa shape index (κ3) is 5.11. The molecule has 1 fully saturated rings. The molecule has 0 saturated carbocycles. The summed E-state index contributed by atoms with van der Waals surface area (Å²) in [4.78, 5) is 18.1. The Morgan fingerprint density at radius 1 is 1.24 bits per heavy atom. The van der Waals surface area contributed by atoms with E-state index in [4.69, 9.17) is 5.14 Å². The number of hydroxylamine groups is 1. The lowest BCUT2D eigenvalue weighted by Gasteiger charge is -2.32. The molecule has 29 heavy (non-hydrogen) atoms. The number of hydrogen-bond donors (Lipinski definition) is 3. The van der Waals surface area contributed by atoms with Gasteiger partial charge in [0.05, 0.1) is 12.1 Å². The Morgan fingerprint density at radius 3 is 2.48 bits per heavy atom. The van der Waals surface area contributed by atoms with Crippen LogP contribution in [0.15, 0.2) is 33.9 Å². The Kier molecular flexibility index (Phi) is 6.17. The number of amidine groups is 1. The van der Waals surface area contributed by atoms with Crippen molar-refractivity contribution in [3.05, 3.63) is 41.5 Å². The van der Waals surface area contributed by atoms with E-state index in [1.807, 2.05) is 5.48 Å². The maximum absolute atomic E-state index is 13.0. The zero-order valence-corrected chi connectivity index (χ0v) is 15.8. The number of carbonyl (C=O) groups excluding carboxylic acids is 1. The van der Waals surface area contributed by atoms with E-state index < -0.39 is 16.0 Å². The topological polar surface area (TPSA) is 167 Å². The van der Waals surface area contributed by atoms with Gasteiger partial charge in [0.25, 0.3) is 10.2 Å². The van der Waals surface area contributed by atoms with Crippen LogP contribution >= 0.6 is 0 Å². The Hall–Kier alpha value is -2.94. The quantitative estimate of drug-likeness (QED) is 0.315. The smallest absolute Gasteiger partial charge is 0.277 e. The summed E-state index contributed by atoms with van der Waals surface area (Å²) in [6.07, 6.45) is -0.210. The average molecular weight is 427 g/mol. The maximum atomic E-state index is 13.0. The number of nitrogens with zero attached hydrogens (tertiary/aromatic N) is 5. The van der Waals surface area contributed by atoms with Gasteiger partial charge in [0.1, 0.15) is 11.5 Å². The molecular formula is C15H18FN7O5S. The highest BCUT2D eigenvalue weighted by Crippen LogP contribution is 2.15. The second kappa shape index (κ2) is 8.60. The SMILES string of the molecule is NS(=O)(=O)N1CCN(C(=O)Cc2nonc2C(=Nc2ccc(F)cc2)NO)CC1. The van der Waals surface area contributed by atoms with E-state index in [0.29, 0.717) is 5.69 Å². The van der Waals surface area contributed by atoms with E-state index >= 15 is 0 Å². The summed E-state index contributed by atoms with van der Waals surface area (Å²) in [5.74, 6) is -0.922. The van der Waals surface area contributed by atoms with Crippen molar-refractivity contribution < 1.29 is 27.4 Å². The standard InChI is InChI=1S/C15H18FN7O5S/c16-10-1-3-11(4-2-10)18-15(19-25)14-12(20-28-21-14)9-13(24)22-5-7-23(8-6-22)29(17,26)27/h1-4,25H,5-9H2,(H,18,19)(H2,17,26,27). The second-order valence-electron chi connectivity index (χ2n) is 6.11. The molecule has 1 aliphatic rings. The molecule has 4 N–H and O–H groups in total. The normalized spacial score (nSPS) is 16.1. The van der Waals surface area contributed by atoms with E-state index in [2.05, 4.69) is 19.9 Å². The first-order chi connectivity index (χ1) is 13.8. The van der Waals surface area contributed by atoms with E-state index in [9.17, 15) is 22.8 Å². The zero-order chi connectivity index (χ0) is 21.0. The number of amides is 1. The number of piperazine rings is 1. The van der Waals surface area contributed by atoms with Gasteiger partial charge < -0.3 is 4.90 Å². The molecule has 2 heterocycles. The summed E-state index contributed by atoms with van der Waals surface area (Å²) < 4.78 is 41.5. The van der Waals surface area contributed by atoms with Crippen LogP contribution in [-0.2, 0) is 21.4 Å². The average Bonchev–Trinajstić information content (AvgIpc) is 3.15. The summed E-state index contributed by atoms with van der Waals surface area (Å²) in [5.41, 5.74) is 2.31. The van der Waals surface area contributed by atoms with Crippen molar-refractivity contribution in [3.63, 3.8) is 0 Å². The molecule has 14 heteroatoms. The van der Waals surface area contributed by atoms with E-state index in [1.165, 1.54) is 29.2 Å². The fourth-order valence-electron chi connectivity index (χ4n) is 2.72. The highest BCUT2D eigenvalue weighted by atomic mass is 32.2. The summed E-state index contributed by atoms with van der Waals surface area (Å²) in [7, 11) is -3.80. The molecule has 156 valence electrons. The van der Waals surface area contributed by atoms with E-state index in [0.717, 1.165) is 4.31 Å². The molecule has 1 aromatic carbocycles. The summed E-state index contributed by atoms with van der Waals surface area (Å²) in [6, 6.07) is 5.16. The largest absolute Gasteiger partial charge is 0.340 e. The molecule has 0 radical (unpaired) electrons. The number of aromatic nitrogens is 2. The predicted molar refractivity (Wildman–Crippen MR) is 96.8 cm³/mol. The van der Waals surface area contributed by atoms with Crippen molar-refractivity contribution in [2.75, 3.05) is 26.2 Å². The van der Waals surface area contributed by atoms with Gasteiger partial charge in [-0.05, 0) is 29.4 Å². The fourth-order valence-corrected chi connectivity index (χ4v) is 3.40. The molecule has 1 amide bonds. The van der Waals surface area contributed by atoms with Crippen LogP contribution in [0, 0.1) is 5.82 Å². The van der Waals surface area contributed by atoms with Gasteiger partial charge in [-0.3, -0.25) is 15.5 Å². The van der Waals surface area contributed by atoms with Gasteiger partial charge in [0.2, 0.25) is 5.91 Å². The van der Waals surface area contributed by atoms with E-state index in [-0.39, 0.29) is 55.7 Å². The number of halogens is 1. The van der Waals surface area contributed by atoms with Gasteiger partial charge in [0.15, 0.2) is 11.5 Å². The van der Waals surface area contributed by atoms with Crippen LogP contribution < -0.4 is 10.6 Å². The fraction of sp³-hybridized carbons (Fsp3) is 0.333. The van der Waals surface area contributed by atoms with Crippen molar-refractivity contribution in [3.8, 4) is 0 Å². The Bertz CT molecular complexity index is 1000. The van der Waals surface area contributed by atoms with Crippen LogP contribution in [0.25, 0.3) is 0 Å². The summed E-state index contributed by atoms with van der Waals surface area (Å²) in [5, 5.41) is 21.8. The minimum absolute atomic E-state index is 0.00773. The minimum atomic E-state index is -3.80. The number of rotatable bonds is 5. The molecule has 0 unspecified atom stereocenters. The molecule has 1 aromatic heterocycles. The molecule has 1 aliphatic heterocycles. The van der Waals surface area contributed by atoms with Gasteiger partial charge in [-0.1, -0.05) is 5.16 Å². The number of benzene rings is 1. The molecule has 1 saturated heterocycles. The van der Waals surface area contributed by atoms with Gasteiger partial charge in [-0.15, -0.1) is 0 Å². The van der Waals surface area contributed by atoms with E-state index in [1.54, 1.807) is 0 Å². The molecule has 0 spiro atoms. The number of nitrogens with one attached hydrogen (secondary N) is 1. The maximum Gasteiger partial charge on any atom is 0.277 e. The van der Waals surface area contributed by atoms with Gasteiger partial charge in [0, 0.05) is 26.2 Å². The minimum Gasteiger partial charge on any atom is -0.340 e. The zero-order valence-electron chi connectivity index (χ0n) is 15.0. The van der Waals surface area contributed by atoms with Crippen LogP contribution in [0.2, 0.25) is 0 Å². The summed E-state index contributed by atoms with van der Waals surface area (Å²) >= 11 is 0. The van der Waals surface area contributed by atoms with Crippen LogP contribution in [-0.4, -0.2) is 71.1 Å². The van der Waals surface area contributed by atoms with Crippen LogP contribution in [0.3, 0.4) is 0 Å². The Balaban J connectivity index is 1.71. The molecule has 12 nitrogen and oxygen atoms in total.